The maximum atomic E-state index is 13.8. The molecule has 5 heteroatoms. The van der Waals surface area contributed by atoms with E-state index in [-0.39, 0.29) is 11.7 Å². The van der Waals surface area contributed by atoms with Gasteiger partial charge in [-0.05, 0) is 48.9 Å². The van der Waals surface area contributed by atoms with E-state index in [0.717, 1.165) is 30.3 Å². The molecule has 1 saturated heterocycles. The topological polar surface area (TPSA) is 37.6 Å². The predicted molar refractivity (Wildman–Crippen MR) is 93.9 cm³/mol. The minimum atomic E-state index is -0.132. The number of carbonyl (C=O) groups excluding carboxylic acids is 1. The molecule has 0 aliphatic carbocycles. The molecule has 0 radical (unpaired) electrons. The molecule has 1 aromatic carbocycles. The highest BCUT2D eigenvalue weighted by atomic mass is 19.1. The van der Waals surface area contributed by atoms with Crippen molar-refractivity contribution in [3.8, 4) is 0 Å². The number of carbonyl (C=O) groups is 1. The smallest absolute Gasteiger partial charge is 0.257 e. The van der Waals surface area contributed by atoms with Crippen LogP contribution in [0.25, 0.3) is 5.52 Å². The van der Waals surface area contributed by atoms with Crippen LogP contribution in [0.4, 0.5) is 4.39 Å². The summed E-state index contributed by atoms with van der Waals surface area (Å²) in [6.07, 6.45) is 6.03. The van der Waals surface area contributed by atoms with Crippen LogP contribution in [-0.2, 0) is 6.42 Å². The van der Waals surface area contributed by atoms with Crippen molar-refractivity contribution < 1.29 is 9.18 Å². The first-order chi connectivity index (χ1) is 12.2. The van der Waals surface area contributed by atoms with Crippen LogP contribution in [0, 0.1) is 11.7 Å². The van der Waals surface area contributed by atoms with Gasteiger partial charge in [0.2, 0.25) is 0 Å². The lowest BCUT2D eigenvalue weighted by Crippen LogP contribution is -2.38. The van der Waals surface area contributed by atoms with E-state index in [2.05, 4.69) is 5.10 Å². The van der Waals surface area contributed by atoms with Crippen LogP contribution < -0.4 is 0 Å². The lowest BCUT2D eigenvalue weighted by atomic mass is 9.90. The first kappa shape index (κ1) is 15.8. The van der Waals surface area contributed by atoms with Gasteiger partial charge in [-0.1, -0.05) is 24.3 Å². The molecule has 0 saturated carbocycles. The minimum absolute atomic E-state index is 0.0329. The Hall–Kier alpha value is -2.69. The average Bonchev–Trinajstić information content (AvgIpc) is 3.08. The Balaban J connectivity index is 1.42. The SMILES string of the molecule is O=C(c1cnn2ccccc12)N1CCC(Cc2ccccc2F)CC1. The van der Waals surface area contributed by atoms with Crippen molar-refractivity contribution in [1.29, 1.82) is 0 Å². The van der Waals surface area contributed by atoms with E-state index in [9.17, 15) is 9.18 Å². The fraction of sp³-hybridized carbons (Fsp3) is 0.300. The van der Waals surface area contributed by atoms with Crippen molar-refractivity contribution in [2.75, 3.05) is 13.1 Å². The summed E-state index contributed by atoms with van der Waals surface area (Å²) in [4.78, 5) is 14.7. The van der Waals surface area contributed by atoms with Gasteiger partial charge in [-0.3, -0.25) is 4.79 Å². The van der Waals surface area contributed by atoms with Crippen molar-refractivity contribution in [3.05, 3.63) is 71.8 Å². The summed E-state index contributed by atoms with van der Waals surface area (Å²) in [5, 5.41) is 4.24. The number of halogens is 1. The number of nitrogens with zero attached hydrogens (tertiary/aromatic N) is 3. The maximum Gasteiger partial charge on any atom is 0.257 e. The molecule has 0 spiro atoms. The van der Waals surface area contributed by atoms with Gasteiger partial charge in [-0.2, -0.15) is 5.10 Å². The summed E-state index contributed by atoms with van der Waals surface area (Å²) in [5.74, 6) is 0.322. The van der Waals surface area contributed by atoms with Crippen LogP contribution in [0.1, 0.15) is 28.8 Å². The molecule has 4 rings (SSSR count). The molecule has 128 valence electrons. The number of rotatable bonds is 3. The molecule has 0 bridgehead atoms. The average molecular weight is 337 g/mol. The van der Waals surface area contributed by atoms with Crippen LogP contribution in [-0.4, -0.2) is 33.5 Å². The number of aromatic nitrogens is 2. The molecule has 2 aromatic heterocycles. The fourth-order valence-electron chi connectivity index (χ4n) is 3.58. The zero-order valence-corrected chi connectivity index (χ0v) is 13.9. The Morgan fingerprint density at radius 1 is 1.12 bits per heavy atom. The van der Waals surface area contributed by atoms with E-state index in [1.807, 2.05) is 41.4 Å². The van der Waals surface area contributed by atoms with Gasteiger partial charge < -0.3 is 4.90 Å². The van der Waals surface area contributed by atoms with Crippen molar-refractivity contribution >= 4 is 11.4 Å². The summed E-state index contributed by atoms with van der Waals surface area (Å²) in [5.41, 5.74) is 2.25. The zero-order valence-electron chi connectivity index (χ0n) is 13.9. The highest BCUT2D eigenvalue weighted by Gasteiger charge is 2.26. The number of benzene rings is 1. The Bertz CT molecular complexity index is 897. The lowest BCUT2D eigenvalue weighted by Gasteiger charge is -2.32. The van der Waals surface area contributed by atoms with E-state index < -0.39 is 0 Å². The summed E-state index contributed by atoms with van der Waals surface area (Å²) >= 11 is 0. The third-order valence-electron chi connectivity index (χ3n) is 5.03. The Morgan fingerprint density at radius 3 is 2.68 bits per heavy atom. The number of piperidine rings is 1. The van der Waals surface area contributed by atoms with Crippen molar-refractivity contribution in [2.24, 2.45) is 5.92 Å². The third kappa shape index (κ3) is 3.14. The second kappa shape index (κ2) is 6.67. The van der Waals surface area contributed by atoms with Gasteiger partial charge in [0.05, 0.1) is 17.3 Å². The predicted octanol–water partition coefficient (Wildman–Crippen LogP) is 3.57. The first-order valence-electron chi connectivity index (χ1n) is 8.67. The van der Waals surface area contributed by atoms with Crippen LogP contribution in [0.5, 0.6) is 0 Å². The van der Waals surface area contributed by atoms with Crippen LogP contribution >= 0.6 is 0 Å². The van der Waals surface area contributed by atoms with E-state index >= 15 is 0 Å². The molecule has 3 aromatic rings. The second-order valence-electron chi connectivity index (χ2n) is 6.62. The Kier molecular flexibility index (Phi) is 4.22. The van der Waals surface area contributed by atoms with Gasteiger partial charge in [-0.25, -0.2) is 8.91 Å². The van der Waals surface area contributed by atoms with E-state index in [1.165, 1.54) is 6.07 Å². The van der Waals surface area contributed by atoms with Gasteiger partial charge in [0.1, 0.15) is 5.82 Å². The Morgan fingerprint density at radius 2 is 1.88 bits per heavy atom. The van der Waals surface area contributed by atoms with Crippen LogP contribution in [0.2, 0.25) is 0 Å². The van der Waals surface area contributed by atoms with Crippen molar-refractivity contribution in [1.82, 2.24) is 14.5 Å². The lowest BCUT2D eigenvalue weighted by molar-refractivity contribution is 0.0692. The summed E-state index contributed by atoms with van der Waals surface area (Å²) in [6.45, 7) is 1.42. The molecular weight excluding hydrogens is 317 g/mol. The number of pyridine rings is 1. The second-order valence-corrected chi connectivity index (χ2v) is 6.62. The normalized spacial score (nSPS) is 15.6. The van der Waals surface area contributed by atoms with Crippen molar-refractivity contribution in [3.63, 3.8) is 0 Å². The van der Waals surface area contributed by atoms with Gasteiger partial charge in [0, 0.05) is 19.3 Å². The first-order valence-corrected chi connectivity index (χ1v) is 8.67. The molecule has 3 heterocycles. The number of hydrogen-bond donors (Lipinski definition) is 0. The maximum absolute atomic E-state index is 13.8. The summed E-state index contributed by atoms with van der Waals surface area (Å²) in [6, 6.07) is 12.7. The molecule has 1 aliphatic rings. The highest BCUT2D eigenvalue weighted by Crippen LogP contribution is 2.24. The number of amides is 1. The molecular formula is C20H20FN3O. The number of likely N-dealkylation sites (tertiary alicyclic amines) is 1. The van der Waals surface area contributed by atoms with E-state index in [0.29, 0.717) is 24.6 Å². The van der Waals surface area contributed by atoms with E-state index in [1.54, 1.807) is 16.8 Å². The van der Waals surface area contributed by atoms with Gasteiger partial charge in [-0.15, -0.1) is 0 Å². The monoisotopic (exact) mass is 337 g/mol. The molecule has 0 atom stereocenters. The van der Waals surface area contributed by atoms with Crippen LogP contribution in [0.15, 0.2) is 54.9 Å². The fourth-order valence-corrected chi connectivity index (χ4v) is 3.58. The van der Waals surface area contributed by atoms with Gasteiger partial charge in [0.15, 0.2) is 0 Å². The van der Waals surface area contributed by atoms with Gasteiger partial charge >= 0.3 is 0 Å². The standard InChI is InChI=1S/C20H20FN3O/c21-18-6-2-1-5-16(18)13-15-8-11-23(12-9-15)20(25)17-14-22-24-10-4-3-7-19(17)24/h1-7,10,14-15H,8-9,11-13H2. The summed E-state index contributed by atoms with van der Waals surface area (Å²) in [7, 11) is 0. The molecule has 0 unspecified atom stereocenters. The molecule has 4 nitrogen and oxygen atoms in total. The van der Waals surface area contributed by atoms with Crippen molar-refractivity contribution in [2.45, 2.75) is 19.3 Å². The minimum Gasteiger partial charge on any atom is -0.339 e. The zero-order chi connectivity index (χ0) is 17.2. The molecule has 25 heavy (non-hydrogen) atoms. The molecule has 1 fully saturated rings. The Labute approximate surface area is 145 Å². The number of fused-ring (bicyclic) bond motifs is 1. The quantitative estimate of drug-likeness (QED) is 0.733. The number of hydrogen-bond acceptors (Lipinski definition) is 2. The third-order valence-corrected chi connectivity index (χ3v) is 5.03. The molecule has 1 aliphatic heterocycles. The van der Waals surface area contributed by atoms with E-state index in [4.69, 9.17) is 0 Å². The van der Waals surface area contributed by atoms with Crippen LogP contribution in [0.3, 0.4) is 0 Å². The highest BCUT2D eigenvalue weighted by molar-refractivity contribution is 6.00. The van der Waals surface area contributed by atoms with Gasteiger partial charge in [0.25, 0.3) is 5.91 Å². The molecule has 0 N–H and O–H groups in total. The molecule has 1 amide bonds. The summed E-state index contributed by atoms with van der Waals surface area (Å²) < 4.78 is 15.5. The largest absolute Gasteiger partial charge is 0.339 e.